The Labute approximate surface area is 180 Å². The van der Waals surface area contributed by atoms with Gasteiger partial charge in [-0.3, -0.25) is 9.69 Å². The number of ether oxygens (including phenoxy) is 2. The quantitative estimate of drug-likeness (QED) is 0.672. The second-order valence-electron chi connectivity index (χ2n) is 7.35. The molecule has 2 amide bonds. The Hall–Kier alpha value is -3.55. The molecule has 8 nitrogen and oxygen atoms in total. The van der Waals surface area contributed by atoms with E-state index in [1.807, 2.05) is 30.3 Å². The fourth-order valence-corrected chi connectivity index (χ4v) is 3.56. The van der Waals surface area contributed by atoms with Crippen LogP contribution in [0.4, 0.5) is 4.79 Å². The molecule has 0 bridgehead atoms. The van der Waals surface area contributed by atoms with Crippen LogP contribution in [0.3, 0.4) is 0 Å². The largest absolute Gasteiger partial charge is 0.497 e. The summed E-state index contributed by atoms with van der Waals surface area (Å²) in [7, 11) is 1.53. The molecule has 8 heteroatoms. The first-order chi connectivity index (χ1) is 15.0. The Kier molecular flexibility index (Phi) is 7.48. The first kappa shape index (κ1) is 22.1. The first-order valence-electron chi connectivity index (χ1n) is 10.1. The molecule has 0 radical (unpaired) electrons. The first-order valence-corrected chi connectivity index (χ1v) is 10.1. The highest BCUT2D eigenvalue weighted by atomic mass is 16.6. The van der Waals surface area contributed by atoms with E-state index in [1.165, 1.54) is 12.0 Å². The van der Waals surface area contributed by atoms with E-state index in [2.05, 4.69) is 5.32 Å². The minimum absolute atomic E-state index is 0.101. The van der Waals surface area contributed by atoms with E-state index in [1.54, 1.807) is 24.3 Å². The smallest absolute Gasteiger partial charge is 0.410 e. The van der Waals surface area contributed by atoms with E-state index in [-0.39, 0.29) is 13.0 Å². The molecule has 1 heterocycles. The van der Waals surface area contributed by atoms with Crippen molar-refractivity contribution in [1.29, 1.82) is 0 Å². The topological polar surface area (TPSA) is 105 Å². The molecule has 0 unspecified atom stereocenters. The molecule has 2 N–H and O–H groups in total. The van der Waals surface area contributed by atoms with E-state index < -0.39 is 30.1 Å². The van der Waals surface area contributed by atoms with Crippen molar-refractivity contribution in [2.45, 2.75) is 38.0 Å². The highest BCUT2D eigenvalue weighted by molar-refractivity contribution is 5.89. The van der Waals surface area contributed by atoms with E-state index in [0.29, 0.717) is 25.1 Å². The van der Waals surface area contributed by atoms with Crippen molar-refractivity contribution >= 4 is 18.0 Å². The maximum absolute atomic E-state index is 12.8. The molecule has 0 aromatic heterocycles. The van der Waals surface area contributed by atoms with Gasteiger partial charge >= 0.3 is 12.1 Å². The fourth-order valence-electron chi connectivity index (χ4n) is 3.56. The Morgan fingerprint density at radius 2 is 1.87 bits per heavy atom. The summed E-state index contributed by atoms with van der Waals surface area (Å²) in [6, 6.07) is 14.4. The summed E-state index contributed by atoms with van der Waals surface area (Å²) >= 11 is 0. The van der Waals surface area contributed by atoms with Crippen LogP contribution >= 0.6 is 0 Å². The average molecular weight is 426 g/mol. The monoisotopic (exact) mass is 426 g/mol. The van der Waals surface area contributed by atoms with Gasteiger partial charge in [-0.05, 0) is 36.1 Å². The van der Waals surface area contributed by atoms with Crippen LogP contribution in [0.5, 0.6) is 5.75 Å². The van der Waals surface area contributed by atoms with Gasteiger partial charge in [0.05, 0.1) is 7.11 Å². The number of benzene rings is 2. The van der Waals surface area contributed by atoms with Crippen LogP contribution in [0, 0.1) is 0 Å². The zero-order valence-electron chi connectivity index (χ0n) is 17.3. The maximum atomic E-state index is 12.8. The molecule has 1 fully saturated rings. The van der Waals surface area contributed by atoms with Crippen LogP contribution in [0.25, 0.3) is 0 Å². The summed E-state index contributed by atoms with van der Waals surface area (Å²) < 4.78 is 10.5. The highest BCUT2D eigenvalue weighted by Gasteiger charge is 2.36. The van der Waals surface area contributed by atoms with E-state index in [9.17, 15) is 19.5 Å². The van der Waals surface area contributed by atoms with Gasteiger partial charge in [0.2, 0.25) is 5.91 Å². The van der Waals surface area contributed by atoms with E-state index in [0.717, 1.165) is 11.1 Å². The molecule has 3 rings (SSSR count). The molecule has 0 saturated carbocycles. The van der Waals surface area contributed by atoms with Crippen LogP contribution < -0.4 is 10.1 Å². The van der Waals surface area contributed by atoms with Gasteiger partial charge in [-0.1, -0.05) is 42.5 Å². The number of carbonyl (C=O) groups is 3. The summed E-state index contributed by atoms with van der Waals surface area (Å²) in [6.07, 6.45) is 0.620. The van der Waals surface area contributed by atoms with Crippen molar-refractivity contribution in [3.8, 4) is 5.75 Å². The number of nitrogens with one attached hydrogen (secondary N) is 1. The van der Waals surface area contributed by atoms with Crippen molar-refractivity contribution < 1.29 is 29.0 Å². The lowest BCUT2D eigenvalue weighted by molar-refractivity contribution is -0.142. The third kappa shape index (κ3) is 5.97. The van der Waals surface area contributed by atoms with Gasteiger partial charge < -0.3 is 19.9 Å². The fraction of sp³-hybridized carbons (Fsp3) is 0.348. The summed E-state index contributed by atoms with van der Waals surface area (Å²) in [5.41, 5.74) is 1.57. The number of hydrogen-bond donors (Lipinski definition) is 2. The number of nitrogens with zero attached hydrogens (tertiary/aromatic N) is 1. The maximum Gasteiger partial charge on any atom is 0.410 e. The third-order valence-corrected chi connectivity index (χ3v) is 5.18. The average Bonchev–Trinajstić information content (AvgIpc) is 3.28. The standard InChI is InChI=1S/C23H26N2O6/c1-30-18-10-5-9-17(13-18)14-19(22(27)28)24-21(26)20-11-6-12-25(20)23(29)31-15-16-7-3-2-4-8-16/h2-5,7-10,13,19-20H,6,11-12,14-15H2,1H3,(H,24,26)(H,27,28)/t19-,20-/m1/s1. The SMILES string of the molecule is COc1cccc(C[C@@H](NC(=O)[C@H]2CCCN2C(=O)OCc2ccccc2)C(=O)O)c1. The summed E-state index contributed by atoms with van der Waals surface area (Å²) in [5, 5.41) is 12.2. The van der Waals surface area contributed by atoms with Crippen molar-refractivity contribution in [3.63, 3.8) is 0 Å². The molecular formula is C23H26N2O6. The molecular weight excluding hydrogens is 400 g/mol. The molecule has 1 aliphatic rings. The van der Waals surface area contributed by atoms with Crippen molar-refractivity contribution in [2.24, 2.45) is 0 Å². The molecule has 1 saturated heterocycles. The van der Waals surface area contributed by atoms with E-state index in [4.69, 9.17) is 9.47 Å². The second kappa shape index (κ2) is 10.5. The number of rotatable bonds is 8. The number of likely N-dealkylation sites (tertiary alicyclic amines) is 1. The molecule has 164 valence electrons. The number of aliphatic carboxylic acids is 1. The lowest BCUT2D eigenvalue weighted by Gasteiger charge is -2.25. The summed E-state index contributed by atoms with van der Waals surface area (Å²) in [6.45, 7) is 0.497. The zero-order valence-corrected chi connectivity index (χ0v) is 17.3. The molecule has 31 heavy (non-hydrogen) atoms. The number of carboxylic acids is 1. The molecule has 2 atom stereocenters. The van der Waals surface area contributed by atoms with Gasteiger partial charge in [0, 0.05) is 13.0 Å². The van der Waals surface area contributed by atoms with Crippen LogP contribution in [0.15, 0.2) is 54.6 Å². The summed E-state index contributed by atoms with van der Waals surface area (Å²) in [5.74, 6) is -1.03. The molecule has 0 spiro atoms. The number of carboxylic acid groups (broad SMARTS) is 1. The Balaban J connectivity index is 1.61. The zero-order chi connectivity index (χ0) is 22.2. The number of amides is 2. The van der Waals surface area contributed by atoms with Crippen LogP contribution in [-0.2, 0) is 27.4 Å². The number of carbonyl (C=O) groups excluding carboxylic acids is 2. The van der Waals surface area contributed by atoms with Crippen molar-refractivity contribution in [1.82, 2.24) is 10.2 Å². The molecule has 0 aliphatic carbocycles. The lowest BCUT2D eigenvalue weighted by atomic mass is 10.0. The van der Waals surface area contributed by atoms with Gasteiger partial charge in [-0.15, -0.1) is 0 Å². The molecule has 1 aliphatic heterocycles. The van der Waals surface area contributed by atoms with E-state index >= 15 is 0 Å². The second-order valence-corrected chi connectivity index (χ2v) is 7.35. The minimum Gasteiger partial charge on any atom is -0.497 e. The third-order valence-electron chi connectivity index (χ3n) is 5.18. The highest BCUT2D eigenvalue weighted by Crippen LogP contribution is 2.20. The number of hydrogen-bond acceptors (Lipinski definition) is 5. The van der Waals surface area contributed by atoms with Gasteiger partial charge in [0.25, 0.3) is 0 Å². The van der Waals surface area contributed by atoms with Crippen LogP contribution in [0.2, 0.25) is 0 Å². The minimum atomic E-state index is -1.15. The van der Waals surface area contributed by atoms with Crippen molar-refractivity contribution in [3.05, 3.63) is 65.7 Å². The Bertz CT molecular complexity index is 917. The van der Waals surface area contributed by atoms with Crippen molar-refractivity contribution in [2.75, 3.05) is 13.7 Å². The van der Waals surface area contributed by atoms with Crippen LogP contribution in [-0.4, -0.2) is 53.7 Å². The molecule has 2 aromatic rings. The van der Waals surface area contributed by atoms with Gasteiger partial charge in [0.15, 0.2) is 0 Å². The molecule has 2 aromatic carbocycles. The summed E-state index contributed by atoms with van der Waals surface area (Å²) in [4.78, 5) is 38.4. The van der Waals surface area contributed by atoms with Gasteiger partial charge in [0.1, 0.15) is 24.4 Å². The Morgan fingerprint density at radius 3 is 2.58 bits per heavy atom. The lowest BCUT2D eigenvalue weighted by Crippen LogP contribution is -2.51. The predicted octanol–water partition coefficient (Wildman–Crippen LogP) is 2.61. The normalized spacial score (nSPS) is 16.4. The number of methoxy groups -OCH3 is 1. The van der Waals surface area contributed by atoms with Gasteiger partial charge in [-0.25, -0.2) is 9.59 Å². The van der Waals surface area contributed by atoms with Crippen LogP contribution in [0.1, 0.15) is 24.0 Å². The predicted molar refractivity (Wildman–Crippen MR) is 113 cm³/mol. The Morgan fingerprint density at radius 1 is 1.13 bits per heavy atom. The van der Waals surface area contributed by atoms with Gasteiger partial charge in [-0.2, -0.15) is 0 Å².